The van der Waals surface area contributed by atoms with Crippen LogP contribution in [-0.4, -0.2) is 50.5 Å². The zero-order valence-corrected chi connectivity index (χ0v) is 17.5. The van der Waals surface area contributed by atoms with Crippen molar-refractivity contribution >= 4 is 38.9 Å². The van der Waals surface area contributed by atoms with Crippen LogP contribution in [0.4, 0.5) is 0 Å². The number of hydrogen-bond donors (Lipinski definition) is 2. The Bertz CT molecular complexity index is 844. The first-order chi connectivity index (χ1) is 12.3. The number of aromatic nitrogens is 1. The van der Waals surface area contributed by atoms with Crippen molar-refractivity contribution in [3.05, 3.63) is 40.5 Å². The lowest BCUT2D eigenvalue weighted by atomic mass is 10.4. The molecule has 10 heteroatoms. The van der Waals surface area contributed by atoms with Crippen LogP contribution >= 0.6 is 22.9 Å². The monoisotopic (exact) mass is 417 g/mol. The Morgan fingerprint density at radius 1 is 1.38 bits per heavy atom. The number of aryl methyl sites for hydroxylation is 1. The van der Waals surface area contributed by atoms with Crippen molar-refractivity contribution < 1.29 is 8.42 Å². The topological polar surface area (TPSA) is 78.7 Å². The zero-order valence-electron chi connectivity index (χ0n) is 15.1. The molecule has 0 saturated carbocycles. The number of halogens is 1. The zero-order chi connectivity index (χ0) is 19.2. The van der Waals surface area contributed by atoms with E-state index in [-0.39, 0.29) is 10.8 Å². The molecule has 0 spiro atoms. The third-order valence-electron chi connectivity index (χ3n) is 3.63. The fourth-order valence-electron chi connectivity index (χ4n) is 2.30. The third kappa shape index (κ3) is 5.73. The van der Waals surface area contributed by atoms with Crippen LogP contribution in [0.3, 0.4) is 0 Å². The summed E-state index contributed by atoms with van der Waals surface area (Å²) < 4.78 is 29.6. The van der Waals surface area contributed by atoms with Crippen LogP contribution in [0.1, 0.15) is 12.6 Å². The number of hydrogen-bond acceptors (Lipinski definition) is 4. The maximum absolute atomic E-state index is 12.2. The van der Waals surface area contributed by atoms with Gasteiger partial charge in [-0.1, -0.05) is 11.6 Å². The van der Waals surface area contributed by atoms with Gasteiger partial charge in [-0.2, -0.15) is 0 Å². The number of aliphatic imine (C=N–C) groups is 1. The van der Waals surface area contributed by atoms with Gasteiger partial charge in [0.25, 0.3) is 0 Å². The molecule has 0 unspecified atom stereocenters. The molecule has 2 N–H and O–H groups in total. The molecule has 0 aromatic carbocycles. The van der Waals surface area contributed by atoms with Crippen molar-refractivity contribution in [1.82, 2.24) is 19.5 Å². The van der Waals surface area contributed by atoms with Crippen LogP contribution in [0.25, 0.3) is 0 Å². The Balaban J connectivity index is 1.93. The molecule has 0 fully saturated rings. The summed E-state index contributed by atoms with van der Waals surface area (Å²) in [6, 6.07) is 7.12. The van der Waals surface area contributed by atoms with Crippen LogP contribution in [0.15, 0.2) is 39.7 Å². The second kappa shape index (κ2) is 9.40. The molecule has 0 bridgehead atoms. The first kappa shape index (κ1) is 20.8. The van der Waals surface area contributed by atoms with Gasteiger partial charge >= 0.3 is 0 Å². The van der Waals surface area contributed by atoms with Gasteiger partial charge in [0.2, 0.25) is 10.0 Å². The van der Waals surface area contributed by atoms with E-state index in [1.807, 2.05) is 38.2 Å². The number of thiophene rings is 1. The summed E-state index contributed by atoms with van der Waals surface area (Å²) in [7, 11) is 0.410. The van der Waals surface area contributed by atoms with E-state index in [4.69, 9.17) is 11.6 Å². The molecule has 0 aliphatic rings. The van der Waals surface area contributed by atoms with Gasteiger partial charge in [0.05, 0.1) is 17.4 Å². The summed E-state index contributed by atoms with van der Waals surface area (Å²) in [5.41, 5.74) is 1.16. The van der Waals surface area contributed by atoms with Crippen molar-refractivity contribution in [3.8, 4) is 0 Å². The van der Waals surface area contributed by atoms with Gasteiger partial charge in [-0.3, -0.25) is 4.99 Å². The summed E-state index contributed by atoms with van der Waals surface area (Å²) in [6.45, 7) is 3.97. The lowest BCUT2D eigenvalue weighted by Crippen LogP contribution is -2.39. The predicted molar refractivity (Wildman–Crippen MR) is 107 cm³/mol. The van der Waals surface area contributed by atoms with Crippen molar-refractivity contribution in [2.75, 3.05) is 26.7 Å². The maximum Gasteiger partial charge on any atom is 0.250 e. The third-order valence-corrected chi connectivity index (χ3v) is 6.81. The molecular weight excluding hydrogens is 394 g/mol. The molecule has 0 saturated heterocycles. The average Bonchev–Trinajstić information content (AvgIpc) is 3.19. The summed E-state index contributed by atoms with van der Waals surface area (Å²) in [5.74, 6) is 0.729. The van der Waals surface area contributed by atoms with Crippen LogP contribution in [0.2, 0.25) is 4.34 Å². The molecular formula is C16H24ClN5O2S2. The molecule has 7 nitrogen and oxygen atoms in total. The van der Waals surface area contributed by atoms with Gasteiger partial charge in [0, 0.05) is 39.1 Å². The molecule has 2 aromatic rings. The molecule has 26 heavy (non-hydrogen) atoms. The van der Waals surface area contributed by atoms with Gasteiger partial charge in [0.1, 0.15) is 4.21 Å². The number of nitrogens with zero attached hydrogens (tertiary/aromatic N) is 3. The quantitative estimate of drug-likeness (QED) is 0.391. The fraction of sp³-hybridized carbons (Fsp3) is 0.438. The van der Waals surface area contributed by atoms with Crippen LogP contribution in [0.5, 0.6) is 0 Å². The average molecular weight is 418 g/mol. The Morgan fingerprint density at radius 2 is 2.15 bits per heavy atom. The van der Waals surface area contributed by atoms with Gasteiger partial charge < -0.3 is 14.8 Å². The smallest absolute Gasteiger partial charge is 0.250 e. The first-order valence-electron chi connectivity index (χ1n) is 8.18. The van der Waals surface area contributed by atoms with Crippen LogP contribution in [-0.2, 0) is 23.6 Å². The normalized spacial score (nSPS) is 12.4. The van der Waals surface area contributed by atoms with Crippen molar-refractivity contribution in [3.63, 3.8) is 0 Å². The SMILES string of the molecule is CCNC(=NCCNS(=O)(=O)c1ccc(Cl)s1)N(C)Cc1cccn1C. The highest BCUT2D eigenvalue weighted by molar-refractivity contribution is 7.91. The summed E-state index contributed by atoms with van der Waals surface area (Å²) >= 11 is 6.83. The Morgan fingerprint density at radius 3 is 2.73 bits per heavy atom. The molecule has 0 amide bonds. The minimum Gasteiger partial charge on any atom is -0.357 e. The lowest BCUT2D eigenvalue weighted by molar-refractivity contribution is 0.462. The van der Waals surface area contributed by atoms with Crippen LogP contribution < -0.4 is 10.0 Å². The van der Waals surface area contributed by atoms with E-state index in [9.17, 15) is 8.42 Å². The molecule has 0 aliphatic heterocycles. The van der Waals surface area contributed by atoms with Gasteiger partial charge in [-0.15, -0.1) is 11.3 Å². The molecule has 2 heterocycles. The summed E-state index contributed by atoms with van der Waals surface area (Å²) in [5, 5.41) is 3.22. The minimum atomic E-state index is -3.54. The van der Waals surface area contributed by atoms with E-state index in [0.717, 1.165) is 29.5 Å². The number of guanidine groups is 1. The maximum atomic E-state index is 12.2. The van der Waals surface area contributed by atoms with Crippen molar-refractivity contribution in [1.29, 1.82) is 0 Å². The molecule has 0 atom stereocenters. The van der Waals surface area contributed by atoms with E-state index in [2.05, 4.69) is 25.7 Å². The standard InChI is InChI=1S/C16H24ClN5O2S2/c1-4-18-16(22(3)12-13-6-5-11-21(13)2)19-9-10-20-26(23,24)15-8-7-14(17)25-15/h5-8,11,20H,4,9-10,12H2,1-3H3,(H,18,19). The van der Waals surface area contributed by atoms with E-state index in [0.29, 0.717) is 17.4 Å². The first-order valence-corrected chi connectivity index (χ1v) is 10.9. The molecule has 0 aliphatic carbocycles. The number of sulfonamides is 1. The van der Waals surface area contributed by atoms with Crippen LogP contribution in [0, 0.1) is 0 Å². The van der Waals surface area contributed by atoms with E-state index >= 15 is 0 Å². The highest BCUT2D eigenvalue weighted by Gasteiger charge is 2.15. The van der Waals surface area contributed by atoms with Crippen molar-refractivity contribution in [2.24, 2.45) is 12.0 Å². The van der Waals surface area contributed by atoms with Crippen molar-refractivity contribution in [2.45, 2.75) is 17.7 Å². The molecule has 2 aromatic heterocycles. The second-order valence-corrected chi connectivity index (χ2v) is 9.37. The summed E-state index contributed by atoms with van der Waals surface area (Å²) in [4.78, 5) is 6.50. The van der Waals surface area contributed by atoms with E-state index in [1.54, 1.807) is 6.07 Å². The second-order valence-electron chi connectivity index (χ2n) is 5.66. The molecule has 0 radical (unpaired) electrons. The number of rotatable bonds is 8. The summed E-state index contributed by atoms with van der Waals surface area (Å²) in [6.07, 6.45) is 2.00. The Kier molecular flexibility index (Phi) is 7.51. The Hall–Kier alpha value is -1.55. The highest BCUT2D eigenvalue weighted by Crippen LogP contribution is 2.25. The fourth-order valence-corrected chi connectivity index (χ4v) is 4.85. The molecule has 2 rings (SSSR count). The van der Waals surface area contributed by atoms with Gasteiger partial charge in [0.15, 0.2) is 5.96 Å². The van der Waals surface area contributed by atoms with Gasteiger partial charge in [-0.25, -0.2) is 13.1 Å². The highest BCUT2D eigenvalue weighted by atomic mass is 35.5. The largest absolute Gasteiger partial charge is 0.357 e. The minimum absolute atomic E-state index is 0.208. The van der Waals surface area contributed by atoms with E-state index in [1.165, 1.54) is 6.07 Å². The number of nitrogens with one attached hydrogen (secondary N) is 2. The molecule has 144 valence electrons. The van der Waals surface area contributed by atoms with Gasteiger partial charge in [-0.05, 0) is 31.2 Å². The predicted octanol–water partition coefficient (Wildman–Crippen LogP) is 2.12. The lowest BCUT2D eigenvalue weighted by Gasteiger charge is -2.22. The Labute approximate surface area is 163 Å². The van der Waals surface area contributed by atoms with E-state index < -0.39 is 10.0 Å².